The minimum atomic E-state index is 0. The molecule has 0 unspecified atom stereocenters. The summed E-state index contributed by atoms with van der Waals surface area (Å²) in [5.41, 5.74) is 13.3. The van der Waals surface area contributed by atoms with Crippen LogP contribution in [0.5, 0.6) is 0 Å². The average Bonchev–Trinajstić information content (AvgIpc) is 4.48. The number of halogens is 5. The summed E-state index contributed by atoms with van der Waals surface area (Å²) in [6.07, 6.45) is 5.84. The molecule has 0 aliphatic carbocycles. The zero-order valence-corrected chi connectivity index (χ0v) is 54.6. The maximum atomic E-state index is 7.56. The molecule has 0 saturated carbocycles. The van der Waals surface area contributed by atoms with Gasteiger partial charge >= 0.3 is 16.8 Å². The monoisotopic (exact) mass is 1300 g/mol. The van der Waals surface area contributed by atoms with E-state index in [2.05, 4.69) is 75.0 Å². The maximum absolute atomic E-state index is 7.56. The Labute approximate surface area is 538 Å². The van der Waals surface area contributed by atoms with E-state index >= 15 is 0 Å². The second kappa shape index (κ2) is 27.4. The number of nitrogens with zero attached hydrogens (tertiary/aromatic N) is 8. The molecule has 4 aromatic carbocycles. The molecule has 0 fully saturated rings. The zero-order valence-electron chi connectivity index (χ0n) is 46.6. The number of hydrogen-bond donors (Lipinski definition) is 0. The number of thiocarbonyl (C=S) groups is 4. The zero-order chi connectivity index (χ0) is 58.0. The van der Waals surface area contributed by atoms with Crippen molar-refractivity contribution in [2.75, 3.05) is 52.4 Å². The Balaban J connectivity index is 0.00000880. The van der Waals surface area contributed by atoms with Gasteiger partial charge in [0.2, 0.25) is 0 Å². The molecule has 9 rings (SSSR count). The van der Waals surface area contributed by atoms with E-state index in [0.717, 1.165) is 91.3 Å². The van der Waals surface area contributed by atoms with Crippen LogP contribution in [0.25, 0.3) is 89.8 Å². The van der Waals surface area contributed by atoms with Crippen molar-refractivity contribution in [3.63, 3.8) is 0 Å². The second-order valence-electron chi connectivity index (χ2n) is 19.2. The van der Waals surface area contributed by atoms with E-state index in [9.17, 15) is 0 Å². The third-order valence-corrected chi connectivity index (χ3v) is 18.3. The fourth-order valence-electron chi connectivity index (χ4n) is 10.4. The molecule has 0 saturated heterocycles. The first kappa shape index (κ1) is 63.0. The van der Waals surface area contributed by atoms with E-state index in [1.165, 1.54) is 0 Å². The first-order chi connectivity index (χ1) is 39.0. The van der Waals surface area contributed by atoms with E-state index in [0.29, 0.717) is 118 Å². The van der Waals surface area contributed by atoms with Gasteiger partial charge in [-0.05, 0) is 143 Å². The Hall–Kier alpha value is -5.00. The Kier molecular flexibility index (Phi) is 21.0. The quantitative estimate of drug-likeness (QED) is 0.0866. The summed E-state index contributed by atoms with van der Waals surface area (Å²) in [4.78, 5) is 33.1. The van der Waals surface area contributed by atoms with Crippen LogP contribution >= 0.6 is 107 Å². The van der Waals surface area contributed by atoms with Gasteiger partial charge in [0, 0.05) is 95.8 Å². The second-order valence-corrected chi connectivity index (χ2v) is 22.8. The van der Waals surface area contributed by atoms with Crippen LogP contribution in [-0.2, 0) is 16.8 Å². The van der Waals surface area contributed by atoms with E-state index in [4.69, 9.17) is 127 Å². The molecular weight excluding hydrogens is 1250 g/mol. The topological polar surface area (TPSA) is 66.9 Å². The number of hydrogen-bond acceptors (Lipinski definition) is 6. The number of rotatable bonds is 16. The summed E-state index contributed by atoms with van der Waals surface area (Å²) >= 11 is 61.0. The van der Waals surface area contributed by atoms with Gasteiger partial charge in [0.05, 0.1) is 37.9 Å². The maximum Gasteiger partial charge on any atom is 2.00 e. The fourth-order valence-corrected chi connectivity index (χ4v) is 13.5. The van der Waals surface area contributed by atoms with E-state index in [1.54, 1.807) is 0 Å². The molecule has 7 aromatic rings. The standard InChI is InChI=1S/C64H60Cl5N8S4.Co/c1-9-74(10-2)61(78)38-19-21-40(44(65)33-38)58-52-28-26-50(71-52)56(36-17-23-42(46(67)31-36)63(80)76(13-5)14-6)49-25-27-51(70-49)57(37-18-24-43(47(68)32-37)64(81)77(15-7)16-8)60-48(69)35-55(73-60)59(54-30-29-53(58)72-54)41-22-20-39(34-45(41)66)62(79)75(11-3)12-4;/h17-35H,9-16H2,1-8H3,(H-,70,71,72,73,78,79,80,81);/q-1;+2/p-1. The van der Waals surface area contributed by atoms with Crippen molar-refractivity contribution < 1.29 is 16.8 Å². The van der Waals surface area contributed by atoms with Crippen LogP contribution in [0.2, 0.25) is 20.1 Å². The minimum Gasteiger partial charge on any atom is -0.657 e. The van der Waals surface area contributed by atoms with Gasteiger partial charge < -0.3 is 29.6 Å². The van der Waals surface area contributed by atoms with Gasteiger partial charge in [0.1, 0.15) is 20.0 Å². The Bertz CT molecular complexity index is 3910. The van der Waals surface area contributed by atoms with Gasteiger partial charge in [0.25, 0.3) is 0 Å². The van der Waals surface area contributed by atoms with E-state index in [1.807, 2.05) is 115 Å². The Morgan fingerprint density at radius 1 is 0.402 bits per heavy atom. The van der Waals surface area contributed by atoms with Gasteiger partial charge in [0.15, 0.2) is 0 Å². The molecule has 423 valence electrons. The summed E-state index contributed by atoms with van der Waals surface area (Å²) in [5, 5.41) is 2.27. The summed E-state index contributed by atoms with van der Waals surface area (Å²) < 4.78 is 0. The molecule has 0 N–H and O–H groups in total. The summed E-state index contributed by atoms with van der Waals surface area (Å²) in [6.45, 7) is 22.6. The third kappa shape index (κ3) is 12.4. The summed E-state index contributed by atoms with van der Waals surface area (Å²) in [7, 11) is 0. The molecule has 82 heavy (non-hydrogen) atoms. The van der Waals surface area contributed by atoms with Crippen molar-refractivity contribution in [3.05, 3.63) is 162 Å². The van der Waals surface area contributed by atoms with Crippen LogP contribution in [-0.4, -0.2) is 102 Å². The molecule has 0 spiro atoms. The fraction of sp³-hybridized carbons (Fsp3) is 0.250. The molecule has 8 nitrogen and oxygen atoms in total. The molecule has 0 amide bonds. The normalized spacial score (nSPS) is 11.7. The van der Waals surface area contributed by atoms with Crippen LogP contribution in [0.3, 0.4) is 0 Å². The predicted molar refractivity (Wildman–Crippen MR) is 362 cm³/mol. The van der Waals surface area contributed by atoms with E-state index < -0.39 is 0 Å². The van der Waals surface area contributed by atoms with Crippen LogP contribution < -0.4 is 9.97 Å². The molecule has 18 heteroatoms. The smallest absolute Gasteiger partial charge is 0.657 e. The Morgan fingerprint density at radius 3 is 1.17 bits per heavy atom. The average molecular weight is 1300 g/mol. The SMILES string of the molecule is CCN(CC)C(=S)c1ccc(-c2c3nc(c(-c4ccc(C(=S)N(CC)CC)c(Cl)c4)c4ccc([n-]4)c(-c4ccc(C(=S)N(CC)CC)c(Cl)c4)c4nc(c(-c5ccc(C(=S)N(CC)CC)cc5Cl)c5ccc2[n-]5)C=C4Cl)C=C3)c(Cl)c1.[Co+2]. The van der Waals surface area contributed by atoms with Crippen molar-refractivity contribution in [3.8, 4) is 44.5 Å². The van der Waals surface area contributed by atoms with Crippen LogP contribution in [0.4, 0.5) is 0 Å². The van der Waals surface area contributed by atoms with Crippen molar-refractivity contribution in [2.45, 2.75) is 55.4 Å². The molecule has 0 atom stereocenters. The molecule has 2 aliphatic heterocycles. The molecular formula is C64H59Cl5CoN8S4. The van der Waals surface area contributed by atoms with Gasteiger partial charge in [-0.2, -0.15) is 0 Å². The Morgan fingerprint density at radius 2 is 0.768 bits per heavy atom. The van der Waals surface area contributed by atoms with Crippen molar-refractivity contribution in [2.24, 2.45) is 0 Å². The summed E-state index contributed by atoms with van der Waals surface area (Å²) in [6, 6.07) is 31.5. The van der Waals surface area contributed by atoms with Crippen molar-refractivity contribution in [1.29, 1.82) is 0 Å². The number of aromatic nitrogens is 4. The predicted octanol–water partition coefficient (Wildman–Crippen LogP) is 17.8. The molecule has 8 bridgehead atoms. The molecule has 2 aliphatic rings. The van der Waals surface area contributed by atoms with Gasteiger partial charge in [-0.3, -0.25) is 0 Å². The van der Waals surface area contributed by atoms with Crippen molar-refractivity contribution in [1.82, 2.24) is 39.5 Å². The van der Waals surface area contributed by atoms with Gasteiger partial charge in [-0.15, -0.1) is 22.1 Å². The largest absolute Gasteiger partial charge is 2.00 e. The summed E-state index contributed by atoms with van der Waals surface area (Å²) in [5.74, 6) is 0. The van der Waals surface area contributed by atoms with Crippen LogP contribution in [0.1, 0.15) is 100 Å². The van der Waals surface area contributed by atoms with Crippen molar-refractivity contribution >= 4 is 172 Å². The van der Waals surface area contributed by atoms with Crippen LogP contribution in [0.15, 0.2) is 97.1 Å². The molecule has 5 heterocycles. The van der Waals surface area contributed by atoms with E-state index in [-0.39, 0.29) is 16.8 Å². The van der Waals surface area contributed by atoms with Crippen LogP contribution in [0, 0.1) is 0 Å². The molecule has 1 radical (unpaired) electrons. The third-order valence-electron chi connectivity index (χ3n) is 14.8. The minimum absolute atomic E-state index is 0. The van der Waals surface area contributed by atoms with Gasteiger partial charge in [-0.1, -0.05) is 168 Å². The van der Waals surface area contributed by atoms with Gasteiger partial charge in [-0.25, -0.2) is 9.97 Å². The number of fused-ring (bicyclic) bond motifs is 8. The first-order valence-corrected chi connectivity index (χ1v) is 30.7. The first-order valence-electron chi connectivity index (χ1n) is 27.1. The number of benzene rings is 4. The molecule has 3 aromatic heterocycles.